The highest BCUT2D eigenvalue weighted by Crippen LogP contribution is 1.96. The van der Waals surface area contributed by atoms with E-state index in [1.807, 2.05) is 0 Å². The number of aliphatic hydroxyl groups excluding tert-OH is 1. The zero-order valence-corrected chi connectivity index (χ0v) is 5.22. The Labute approximate surface area is 50.0 Å². The minimum absolute atomic E-state index is 0.199. The Bertz CT molecular complexity index is 61.5. The Morgan fingerprint density at radius 3 is 2.75 bits per heavy atom. The highest BCUT2D eigenvalue weighted by Gasteiger charge is 1.91. The molecule has 2 N–H and O–H groups in total. The maximum absolute atomic E-state index is 8.70. The van der Waals surface area contributed by atoms with Crippen molar-refractivity contribution in [2.24, 2.45) is 0 Å². The Kier molecular flexibility index (Phi) is 4.56. The van der Waals surface area contributed by atoms with Gasteiger partial charge in [-0.05, 0) is 32.4 Å². The van der Waals surface area contributed by atoms with Crippen molar-refractivity contribution in [1.82, 2.24) is 0 Å². The first kappa shape index (κ1) is 7.63. The van der Waals surface area contributed by atoms with Crippen molar-refractivity contribution in [3.63, 3.8) is 0 Å². The molecular formula is C6H13NO. The quantitative estimate of drug-likeness (QED) is 0.419. The third-order valence-corrected chi connectivity index (χ3v) is 0.970. The molecule has 8 heavy (non-hydrogen) atoms. The highest BCUT2D eigenvalue weighted by atomic mass is 16.3. The van der Waals surface area contributed by atoms with E-state index in [-0.39, 0.29) is 6.10 Å². The van der Waals surface area contributed by atoms with Gasteiger partial charge in [-0.1, -0.05) is 0 Å². The zero-order chi connectivity index (χ0) is 6.41. The summed E-state index contributed by atoms with van der Waals surface area (Å²) in [7, 11) is 0. The van der Waals surface area contributed by atoms with Gasteiger partial charge in [-0.15, -0.1) is 0 Å². The molecule has 0 radical (unpaired) electrons. The monoisotopic (exact) mass is 115 g/mol. The smallest absolute Gasteiger partial charge is 0.0512 e. The van der Waals surface area contributed by atoms with Crippen LogP contribution in [0.5, 0.6) is 0 Å². The lowest BCUT2D eigenvalue weighted by Gasteiger charge is -1.98. The molecule has 0 fully saturated rings. The van der Waals surface area contributed by atoms with E-state index in [9.17, 15) is 0 Å². The molecule has 0 aromatic heterocycles. The van der Waals surface area contributed by atoms with Gasteiger partial charge in [0.05, 0.1) is 6.10 Å². The van der Waals surface area contributed by atoms with E-state index in [2.05, 4.69) is 0 Å². The maximum atomic E-state index is 8.70. The summed E-state index contributed by atoms with van der Waals surface area (Å²) in [4.78, 5) is 0. The van der Waals surface area contributed by atoms with Crippen LogP contribution in [0.4, 0.5) is 0 Å². The minimum atomic E-state index is -0.199. The number of hydrogen-bond donors (Lipinski definition) is 2. The fourth-order valence-corrected chi connectivity index (χ4v) is 0.515. The molecule has 0 aromatic rings. The first-order valence-electron chi connectivity index (χ1n) is 2.94. The van der Waals surface area contributed by atoms with Gasteiger partial charge in [0, 0.05) is 0 Å². The summed E-state index contributed by atoms with van der Waals surface area (Å²) in [5, 5.41) is 15.3. The molecule has 0 bridgehead atoms. The van der Waals surface area contributed by atoms with Gasteiger partial charge < -0.3 is 10.5 Å². The zero-order valence-electron chi connectivity index (χ0n) is 5.22. The number of hydrogen-bond acceptors (Lipinski definition) is 2. The molecule has 2 heteroatoms. The van der Waals surface area contributed by atoms with Gasteiger partial charge in [0.15, 0.2) is 0 Å². The third-order valence-electron chi connectivity index (χ3n) is 0.970. The van der Waals surface area contributed by atoms with E-state index in [0.717, 1.165) is 19.3 Å². The van der Waals surface area contributed by atoms with Crippen LogP contribution >= 0.6 is 0 Å². The van der Waals surface area contributed by atoms with Gasteiger partial charge in [0.2, 0.25) is 0 Å². The molecule has 0 spiro atoms. The molecule has 0 aliphatic rings. The Morgan fingerprint density at radius 1 is 1.75 bits per heavy atom. The van der Waals surface area contributed by atoms with Crippen LogP contribution in [0.15, 0.2) is 0 Å². The predicted molar refractivity (Wildman–Crippen MR) is 34.3 cm³/mol. The van der Waals surface area contributed by atoms with Gasteiger partial charge in [0.25, 0.3) is 0 Å². The van der Waals surface area contributed by atoms with Crippen molar-refractivity contribution in [1.29, 1.82) is 5.41 Å². The van der Waals surface area contributed by atoms with Crippen LogP contribution in [0.25, 0.3) is 0 Å². The summed E-state index contributed by atoms with van der Waals surface area (Å²) in [5.74, 6) is 0. The number of unbranched alkanes of at least 4 members (excludes halogenated alkanes) is 1. The highest BCUT2D eigenvalue weighted by molar-refractivity contribution is 5.52. The molecule has 0 aromatic carbocycles. The van der Waals surface area contributed by atoms with Crippen molar-refractivity contribution in [2.45, 2.75) is 32.3 Å². The van der Waals surface area contributed by atoms with Gasteiger partial charge in [-0.2, -0.15) is 0 Å². The summed E-state index contributed by atoms with van der Waals surface area (Å²) < 4.78 is 0. The molecule has 0 amide bonds. The van der Waals surface area contributed by atoms with Gasteiger partial charge >= 0.3 is 0 Å². The number of aliphatic hydroxyl groups is 1. The molecule has 0 rings (SSSR count). The van der Waals surface area contributed by atoms with Crippen LogP contribution in [0.2, 0.25) is 0 Å². The van der Waals surface area contributed by atoms with Crippen molar-refractivity contribution >= 4 is 6.21 Å². The van der Waals surface area contributed by atoms with Crippen LogP contribution in [0.1, 0.15) is 26.2 Å². The van der Waals surface area contributed by atoms with Crippen LogP contribution < -0.4 is 0 Å². The molecule has 1 unspecified atom stereocenters. The molecule has 0 saturated carbocycles. The topological polar surface area (TPSA) is 44.1 Å². The lowest BCUT2D eigenvalue weighted by Crippen LogP contribution is -1.97. The van der Waals surface area contributed by atoms with Gasteiger partial charge in [-0.25, -0.2) is 0 Å². The van der Waals surface area contributed by atoms with E-state index >= 15 is 0 Å². The largest absolute Gasteiger partial charge is 0.393 e. The van der Waals surface area contributed by atoms with E-state index < -0.39 is 0 Å². The second kappa shape index (κ2) is 4.78. The Morgan fingerprint density at radius 2 is 2.38 bits per heavy atom. The molecular weight excluding hydrogens is 102 g/mol. The molecule has 2 nitrogen and oxygen atoms in total. The van der Waals surface area contributed by atoms with Crippen LogP contribution in [-0.2, 0) is 0 Å². The van der Waals surface area contributed by atoms with Crippen LogP contribution in [-0.4, -0.2) is 17.4 Å². The van der Waals surface area contributed by atoms with E-state index in [1.165, 1.54) is 6.21 Å². The number of nitrogens with one attached hydrogen (secondary N) is 1. The Hall–Kier alpha value is -0.370. The van der Waals surface area contributed by atoms with Crippen molar-refractivity contribution < 1.29 is 5.11 Å². The predicted octanol–water partition coefficient (Wildman–Crippen LogP) is 1.19. The fourth-order valence-electron chi connectivity index (χ4n) is 0.515. The molecule has 0 aliphatic heterocycles. The summed E-state index contributed by atoms with van der Waals surface area (Å²) in [5.41, 5.74) is 0. The fraction of sp³-hybridized carbons (Fsp3) is 0.833. The first-order chi connectivity index (χ1) is 3.77. The summed E-state index contributed by atoms with van der Waals surface area (Å²) >= 11 is 0. The second-order valence-electron chi connectivity index (χ2n) is 1.98. The van der Waals surface area contributed by atoms with Crippen molar-refractivity contribution in [2.75, 3.05) is 0 Å². The second-order valence-corrected chi connectivity index (χ2v) is 1.98. The van der Waals surface area contributed by atoms with E-state index in [1.54, 1.807) is 6.92 Å². The lowest BCUT2D eigenvalue weighted by molar-refractivity contribution is 0.182. The van der Waals surface area contributed by atoms with Crippen molar-refractivity contribution in [3.05, 3.63) is 0 Å². The van der Waals surface area contributed by atoms with E-state index in [0.29, 0.717) is 0 Å². The van der Waals surface area contributed by atoms with Gasteiger partial charge in [0.1, 0.15) is 0 Å². The molecule has 0 heterocycles. The Balaban J connectivity index is 2.81. The van der Waals surface area contributed by atoms with Gasteiger partial charge in [-0.3, -0.25) is 0 Å². The van der Waals surface area contributed by atoms with E-state index in [4.69, 9.17) is 10.5 Å². The number of rotatable bonds is 4. The minimum Gasteiger partial charge on any atom is -0.393 e. The molecule has 0 aliphatic carbocycles. The average Bonchev–Trinajstić information content (AvgIpc) is 1.66. The molecule has 0 saturated heterocycles. The standard InChI is InChI=1S/C6H13NO/c1-6(8)4-2-3-5-7/h5-8H,2-4H2,1H3. The summed E-state index contributed by atoms with van der Waals surface area (Å²) in [6.45, 7) is 1.77. The van der Waals surface area contributed by atoms with Crippen LogP contribution in [0.3, 0.4) is 0 Å². The molecule has 1 atom stereocenters. The first-order valence-corrected chi connectivity index (χ1v) is 2.94. The average molecular weight is 115 g/mol. The third kappa shape index (κ3) is 5.63. The SMILES string of the molecule is CC(O)CCCC=N. The lowest BCUT2D eigenvalue weighted by atomic mass is 10.2. The van der Waals surface area contributed by atoms with Crippen molar-refractivity contribution in [3.8, 4) is 0 Å². The van der Waals surface area contributed by atoms with Crippen LogP contribution in [0, 0.1) is 5.41 Å². The summed E-state index contributed by atoms with van der Waals surface area (Å²) in [6, 6.07) is 0. The summed E-state index contributed by atoms with van der Waals surface area (Å²) in [6.07, 6.45) is 3.72. The normalized spacial score (nSPS) is 13.2. The maximum Gasteiger partial charge on any atom is 0.0512 e. The molecule has 48 valence electrons.